The lowest BCUT2D eigenvalue weighted by Crippen LogP contribution is -2.40. The molecule has 1 saturated heterocycles. The first kappa shape index (κ1) is 15.3. The molecule has 0 radical (unpaired) electrons. The van der Waals surface area contributed by atoms with Crippen molar-refractivity contribution in [3.8, 4) is 5.75 Å². The number of amides is 1. The fourth-order valence-corrected chi connectivity index (χ4v) is 2.33. The summed E-state index contributed by atoms with van der Waals surface area (Å²) in [7, 11) is 0. The van der Waals surface area contributed by atoms with Gasteiger partial charge in [-0.3, -0.25) is 4.79 Å². The number of morpholine rings is 1. The Morgan fingerprint density at radius 2 is 1.90 bits per heavy atom. The van der Waals surface area contributed by atoms with E-state index in [2.05, 4.69) is 15.9 Å². The summed E-state index contributed by atoms with van der Waals surface area (Å²) in [5, 5.41) is 0. The van der Waals surface area contributed by atoms with Crippen LogP contribution in [0.1, 0.15) is 19.3 Å². The van der Waals surface area contributed by atoms with Crippen molar-refractivity contribution < 1.29 is 14.3 Å². The number of carbonyl (C=O) groups excluding carboxylic acids is 1. The summed E-state index contributed by atoms with van der Waals surface area (Å²) in [6, 6.07) is 7.78. The van der Waals surface area contributed by atoms with Gasteiger partial charge in [-0.15, -0.1) is 0 Å². The van der Waals surface area contributed by atoms with Crippen molar-refractivity contribution >= 4 is 21.8 Å². The first-order valence-electron chi connectivity index (χ1n) is 6.99. The van der Waals surface area contributed by atoms with Crippen LogP contribution in [-0.2, 0) is 9.53 Å². The SMILES string of the molecule is O=C(CCCCOc1ccc(Br)cc1)N1CCOCC1. The number of rotatable bonds is 6. The van der Waals surface area contributed by atoms with Crippen LogP contribution in [0.15, 0.2) is 28.7 Å². The number of hydrogen-bond donors (Lipinski definition) is 0. The van der Waals surface area contributed by atoms with Crippen LogP contribution < -0.4 is 4.74 Å². The summed E-state index contributed by atoms with van der Waals surface area (Å²) in [4.78, 5) is 13.8. The van der Waals surface area contributed by atoms with Gasteiger partial charge in [0.1, 0.15) is 5.75 Å². The zero-order valence-corrected chi connectivity index (χ0v) is 13.1. The maximum atomic E-state index is 11.9. The van der Waals surface area contributed by atoms with E-state index in [1.165, 1.54) is 0 Å². The summed E-state index contributed by atoms with van der Waals surface area (Å²) in [5.41, 5.74) is 0. The molecular weight excluding hydrogens is 322 g/mol. The van der Waals surface area contributed by atoms with E-state index >= 15 is 0 Å². The molecule has 1 aromatic carbocycles. The zero-order valence-electron chi connectivity index (χ0n) is 11.5. The minimum absolute atomic E-state index is 0.233. The molecule has 20 heavy (non-hydrogen) atoms. The summed E-state index contributed by atoms with van der Waals surface area (Å²) in [6.07, 6.45) is 2.36. The second-order valence-electron chi connectivity index (χ2n) is 4.75. The average molecular weight is 342 g/mol. The van der Waals surface area contributed by atoms with Gasteiger partial charge in [-0.1, -0.05) is 15.9 Å². The molecule has 1 aliphatic heterocycles. The Morgan fingerprint density at radius 1 is 1.20 bits per heavy atom. The molecule has 5 heteroatoms. The van der Waals surface area contributed by atoms with Crippen LogP contribution in [0.3, 0.4) is 0 Å². The monoisotopic (exact) mass is 341 g/mol. The summed E-state index contributed by atoms with van der Waals surface area (Å²) in [6.45, 7) is 3.44. The van der Waals surface area contributed by atoms with Gasteiger partial charge < -0.3 is 14.4 Å². The number of nitrogens with zero attached hydrogens (tertiary/aromatic N) is 1. The minimum Gasteiger partial charge on any atom is -0.494 e. The Labute approximate surface area is 128 Å². The molecule has 0 atom stereocenters. The van der Waals surface area contributed by atoms with E-state index in [0.717, 1.165) is 36.2 Å². The largest absolute Gasteiger partial charge is 0.494 e. The molecule has 1 aliphatic rings. The van der Waals surface area contributed by atoms with Crippen LogP contribution in [0.4, 0.5) is 0 Å². The normalized spacial score (nSPS) is 15.2. The van der Waals surface area contributed by atoms with E-state index < -0.39 is 0 Å². The molecule has 0 bridgehead atoms. The van der Waals surface area contributed by atoms with Crippen molar-refractivity contribution in [3.05, 3.63) is 28.7 Å². The van der Waals surface area contributed by atoms with Gasteiger partial charge in [0, 0.05) is 24.0 Å². The van der Waals surface area contributed by atoms with Crippen LogP contribution in [0, 0.1) is 0 Å². The summed E-state index contributed by atoms with van der Waals surface area (Å²) >= 11 is 3.39. The van der Waals surface area contributed by atoms with Crippen molar-refractivity contribution in [1.82, 2.24) is 4.90 Å². The number of ether oxygens (including phenoxy) is 2. The van der Waals surface area contributed by atoms with Crippen molar-refractivity contribution in [2.24, 2.45) is 0 Å². The quantitative estimate of drug-likeness (QED) is 0.747. The third-order valence-electron chi connectivity index (χ3n) is 3.23. The molecule has 2 rings (SSSR count). The van der Waals surface area contributed by atoms with Gasteiger partial charge >= 0.3 is 0 Å². The molecule has 1 aromatic rings. The molecule has 0 unspecified atom stereocenters. The summed E-state index contributed by atoms with van der Waals surface area (Å²) < 4.78 is 11.9. The van der Waals surface area contributed by atoms with Crippen molar-refractivity contribution in [1.29, 1.82) is 0 Å². The van der Waals surface area contributed by atoms with E-state index in [9.17, 15) is 4.79 Å². The Kier molecular flexibility index (Phi) is 6.33. The molecule has 4 nitrogen and oxygen atoms in total. The van der Waals surface area contributed by atoms with Gasteiger partial charge in [0.25, 0.3) is 0 Å². The van der Waals surface area contributed by atoms with Crippen LogP contribution in [0.5, 0.6) is 5.75 Å². The molecule has 1 fully saturated rings. The third kappa shape index (κ3) is 5.13. The smallest absolute Gasteiger partial charge is 0.222 e. The Hall–Kier alpha value is -1.07. The van der Waals surface area contributed by atoms with Crippen LogP contribution in [0.25, 0.3) is 0 Å². The lowest BCUT2D eigenvalue weighted by molar-refractivity contribution is -0.135. The fourth-order valence-electron chi connectivity index (χ4n) is 2.07. The number of halogens is 1. The average Bonchev–Trinajstić information content (AvgIpc) is 2.49. The van der Waals surface area contributed by atoms with Crippen LogP contribution in [-0.4, -0.2) is 43.7 Å². The van der Waals surface area contributed by atoms with E-state index in [4.69, 9.17) is 9.47 Å². The maximum absolute atomic E-state index is 11.9. The molecule has 110 valence electrons. The van der Waals surface area contributed by atoms with E-state index in [1.807, 2.05) is 29.2 Å². The highest BCUT2D eigenvalue weighted by molar-refractivity contribution is 9.10. The predicted molar refractivity (Wildman–Crippen MR) is 80.9 cm³/mol. The molecule has 1 amide bonds. The van der Waals surface area contributed by atoms with Gasteiger partial charge in [0.15, 0.2) is 0 Å². The standard InChI is InChI=1S/C15H20BrNO3/c16-13-4-6-14(7-5-13)20-10-2-1-3-15(18)17-8-11-19-12-9-17/h4-7H,1-3,8-12H2. The molecule has 0 aliphatic carbocycles. The second-order valence-corrected chi connectivity index (χ2v) is 5.67. The topological polar surface area (TPSA) is 38.8 Å². The van der Waals surface area contributed by atoms with Gasteiger partial charge in [0.05, 0.1) is 19.8 Å². The number of carbonyl (C=O) groups is 1. The van der Waals surface area contributed by atoms with Crippen molar-refractivity contribution in [2.45, 2.75) is 19.3 Å². The number of hydrogen-bond acceptors (Lipinski definition) is 3. The van der Waals surface area contributed by atoms with Gasteiger partial charge in [-0.05, 0) is 37.1 Å². The predicted octanol–water partition coefficient (Wildman–Crippen LogP) is 2.86. The van der Waals surface area contributed by atoms with Crippen molar-refractivity contribution in [2.75, 3.05) is 32.9 Å². The van der Waals surface area contributed by atoms with Gasteiger partial charge in [0.2, 0.25) is 5.91 Å². The zero-order chi connectivity index (χ0) is 14.2. The number of unbranched alkanes of at least 4 members (excludes halogenated alkanes) is 1. The first-order chi connectivity index (χ1) is 9.75. The highest BCUT2D eigenvalue weighted by atomic mass is 79.9. The third-order valence-corrected chi connectivity index (χ3v) is 3.76. The van der Waals surface area contributed by atoms with Crippen LogP contribution in [0.2, 0.25) is 0 Å². The fraction of sp³-hybridized carbons (Fsp3) is 0.533. The Bertz CT molecular complexity index is 416. The van der Waals surface area contributed by atoms with E-state index in [1.54, 1.807) is 0 Å². The number of benzene rings is 1. The van der Waals surface area contributed by atoms with Gasteiger partial charge in [-0.25, -0.2) is 0 Å². The minimum atomic E-state index is 0.233. The second kappa shape index (κ2) is 8.27. The molecule has 0 spiro atoms. The van der Waals surface area contributed by atoms with Crippen LogP contribution >= 0.6 is 15.9 Å². The Balaban J connectivity index is 1.57. The lowest BCUT2D eigenvalue weighted by atomic mass is 10.2. The maximum Gasteiger partial charge on any atom is 0.222 e. The lowest BCUT2D eigenvalue weighted by Gasteiger charge is -2.26. The van der Waals surface area contributed by atoms with Crippen molar-refractivity contribution in [3.63, 3.8) is 0 Å². The molecule has 0 saturated carbocycles. The van der Waals surface area contributed by atoms with E-state index in [-0.39, 0.29) is 5.91 Å². The van der Waals surface area contributed by atoms with Gasteiger partial charge in [-0.2, -0.15) is 0 Å². The molecule has 0 aromatic heterocycles. The Morgan fingerprint density at radius 3 is 2.60 bits per heavy atom. The molecular formula is C15H20BrNO3. The first-order valence-corrected chi connectivity index (χ1v) is 7.79. The summed E-state index contributed by atoms with van der Waals surface area (Å²) in [5.74, 6) is 1.10. The molecule has 0 N–H and O–H groups in total. The highest BCUT2D eigenvalue weighted by Crippen LogP contribution is 2.16. The molecule has 1 heterocycles. The highest BCUT2D eigenvalue weighted by Gasteiger charge is 2.15. The van der Waals surface area contributed by atoms with E-state index in [0.29, 0.717) is 26.2 Å².